The number of para-hydroxylation sites is 1. The predicted octanol–water partition coefficient (Wildman–Crippen LogP) is 2.57. The first-order valence-electron chi connectivity index (χ1n) is 8.21. The maximum Gasteiger partial charge on any atom is 0.303 e. The third-order valence-corrected chi connectivity index (χ3v) is 4.26. The fourth-order valence-corrected chi connectivity index (χ4v) is 3.02. The lowest BCUT2D eigenvalue weighted by molar-refractivity contribution is -0.144. The summed E-state index contributed by atoms with van der Waals surface area (Å²) < 4.78 is 5.70. The molecule has 0 aromatic heterocycles. The van der Waals surface area contributed by atoms with Gasteiger partial charge in [-0.1, -0.05) is 12.1 Å². The first-order valence-corrected chi connectivity index (χ1v) is 8.21. The molecular formula is C18H22N2O4. The van der Waals surface area contributed by atoms with E-state index < -0.39 is 12.1 Å². The molecule has 6 heteroatoms. The quantitative estimate of drug-likeness (QED) is 0.865. The average molecular weight is 330 g/mol. The van der Waals surface area contributed by atoms with E-state index in [4.69, 9.17) is 15.1 Å². The van der Waals surface area contributed by atoms with Crippen molar-refractivity contribution in [2.75, 3.05) is 6.54 Å². The van der Waals surface area contributed by atoms with E-state index >= 15 is 0 Å². The Balaban J connectivity index is 2.04. The second-order valence-corrected chi connectivity index (χ2v) is 5.98. The molecule has 1 aliphatic heterocycles. The smallest absolute Gasteiger partial charge is 0.303 e. The first kappa shape index (κ1) is 17.8. The first-order chi connectivity index (χ1) is 11.5. The third-order valence-electron chi connectivity index (χ3n) is 4.26. The van der Waals surface area contributed by atoms with E-state index in [9.17, 15) is 9.59 Å². The zero-order valence-electron chi connectivity index (χ0n) is 13.8. The molecule has 1 heterocycles. The van der Waals surface area contributed by atoms with Gasteiger partial charge in [0.05, 0.1) is 5.56 Å². The largest absolute Gasteiger partial charge is 0.481 e. The molecule has 0 radical (unpaired) electrons. The number of ether oxygens (including phenoxy) is 1. The summed E-state index contributed by atoms with van der Waals surface area (Å²) in [7, 11) is 0. The van der Waals surface area contributed by atoms with E-state index in [0.717, 1.165) is 19.3 Å². The highest BCUT2D eigenvalue weighted by Gasteiger charge is 2.31. The van der Waals surface area contributed by atoms with Gasteiger partial charge in [-0.05, 0) is 44.7 Å². The number of carboxylic acids is 1. The zero-order valence-corrected chi connectivity index (χ0v) is 13.8. The van der Waals surface area contributed by atoms with Crippen molar-refractivity contribution in [2.45, 2.75) is 51.2 Å². The molecule has 2 rings (SSSR count). The summed E-state index contributed by atoms with van der Waals surface area (Å²) in [5, 5.41) is 18.0. The fraction of sp³-hybridized carbons (Fsp3) is 0.500. The van der Waals surface area contributed by atoms with Gasteiger partial charge in [0.25, 0.3) is 5.91 Å². The fourth-order valence-electron chi connectivity index (χ4n) is 3.02. The van der Waals surface area contributed by atoms with Crippen LogP contribution in [0.2, 0.25) is 0 Å². The van der Waals surface area contributed by atoms with Gasteiger partial charge in [-0.15, -0.1) is 0 Å². The van der Waals surface area contributed by atoms with Gasteiger partial charge in [-0.3, -0.25) is 9.59 Å². The Morgan fingerprint density at radius 2 is 2.17 bits per heavy atom. The van der Waals surface area contributed by atoms with Crippen molar-refractivity contribution in [1.29, 1.82) is 5.26 Å². The summed E-state index contributed by atoms with van der Waals surface area (Å²) in [4.78, 5) is 25.3. The third kappa shape index (κ3) is 4.48. The van der Waals surface area contributed by atoms with Crippen molar-refractivity contribution in [3.8, 4) is 11.8 Å². The van der Waals surface area contributed by atoms with Crippen LogP contribution in [0.5, 0.6) is 5.75 Å². The normalized spacial score (nSPS) is 18.5. The van der Waals surface area contributed by atoms with E-state index in [1.54, 1.807) is 36.1 Å². The molecule has 0 saturated carbocycles. The Labute approximate surface area is 141 Å². The van der Waals surface area contributed by atoms with Crippen molar-refractivity contribution in [2.24, 2.45) is 0 Å². The Kier molecular flexibility index (Phi) is 6.19. The number of rotatable bonds is 6. The van der Waals surface area contributed by atoms with Crippen molar-refractivity contribution in [3.63, 3.8) is 0 Å². The average Bonchev–Trinajstić information content (AvgIpc) is 2.60. The number of nitrogens with zero attached hydrogens (tertiary/aromatic N) is 2. The van der Waals surface area contributed by atoms with Gasteiger partial charge >= 0.3 is 5.97 Å². The highest BCUT2D eigenvalue weighted by Crippen LogP contribution is 2.24. The van der Waals surface area contributed by atoms with Gasteiger partial charge in [0.1, 0.15) is 11.8 Å². The topological polar surface area (TPSA) is 90.6 Å². The number of benzene rings is 1. The van der Waals surface area contributed by atoms with E-state index in [1.807, 2.05) is 6.07 Å². The van der Waals surface area contributed by atoms with E-state index in [-0.39, 0.29) is 18.4 Å². The highest BCUT2D eigenvalue weighted by atomic mass is 16.5. The maximum absolute atomic E-state index is 12.7. The van der Waals surface area contributed by atoms with E-state index in [0.29, 0.717) is 24.3 Å². The van der Waals surface area contributed by atoms with Crippen LogP contribution < -0.4 is 4.74 Å². The molecular weight excluding hydrogens is 308 g/mol. The lowest BCUT2D eigenvalue weighted by Gasteiger charge is -2.37. The Morgan fingerprint density at radius 1 is 1.42 bits per heavy atom. The lowest BCUT2D eigenvalue weighted by atomic mass is 9.97. The van der Waals surface area contributed by atoms with Crippen molar-refractivity contribution in [1.82, 2.24) is 4.90 Å². The zero-order chi connectivity index (χ0) is 17.5. The van der Waals surface area contributed by atoms with Crippen LogP contribution in [0, 0.1) is 11.3 Å². The monoisotopic (exact) mass is 330 g/mol. The molecule has 24 heavy (non-hydrogen) atoms. The number of piperidine rings is 1. The van der Waals surface area contributed by atoms with Crippen LogP contribution >= 0.6 is 0 Å². The minimum Gasteiger partial charge on any atom is -0.481 e. The summed E-state index contributed by atoms with van der Waals surface area (Å²) in [5.74, 6) is -0.613. The number of aliphatic carboxylic acids is 1. The Bertz CT molecular complexity index is 638. The summed E-state index contributed by atoms with van der Waals surface area (Å²) in [6.45, 7) is 2.29. The number of nitriles is 1. The molecule has 1 aromatic rings. The summed E-state index contributed by atoms with van der Waals surface area (Å²) in [6, 6.07) is 8.79. The SMILES string of the molecule is CC(Oc1ccccc1C#N)C(=O)N1CCCCC1CCC(=O)O. The highest BCUT2D eigenvalue weighted by molar-refractivity contribution is 5.81. The van der Waals surface area contributed by atoms with Crippen molar-refractivity contribution < 1.29 is 19.4 Å². The van der Waals surface area contributed by atoms with Gasteiger partial charge < -0.3 is 14.7 Å². The molecule has 1 aliphatic rings. The summed E-state index contributed by atoms with van der Waals surface area (Å²) in [6.07, 6.45) is 2.53. The minimum absolute atomic E-state index is 0.0559. The number of carboxylic acid groups (broad SMARTS) is 1. The molecule has 6 nitrogen and oxygen atoms in total. The number of amides is 1. The van der Waals surface area contributed by atoms with E-state index in [1.165, 1.54) is 0 Å². The second kappa shape index (κ2) is 8.34. The van der Waals surface area contributed by atoms with Gasteiger partial charge in [0.15, 0.2) is 6.10 Å². The van der Waals surface area contributed by atoms with Gasteiger partial charge in [-0.25, -0.2) is 0 Å². The molecule has 0 bridgehead atoms. The lowest BCUT2D eigenvalue weighted by Crippen LogP contribution is -2.49. The number of carbonyl (C=O) groups excluding carboxylic acids is 1. The van der Waals surface area contributed by atoms with Crippen molar-refractivity contribution >= 4 is 11.9 Å². The van der Waals surface area contributed by atoms with E-state index in [2.05, 4.69) is 0 Å². The number of hydrogen-bond acceptors (Lipinski definition) is 4. The second-order valence-electron chi connectivity index (χ2n) is 5.98. The molecule has 2 unspecified atom stereocenters. The van der Waals surface area contributed by atoms with Crippen LogP contribution in [0.1, 0.15) is 44.6 Å². The number of carbonyl (C=O) groups is 2. The number of likely N-dealkylation sites (tertiary alicyclic amines) is 1. The van der Waals surface area contributed by atoms with Crippen LogP contribution in [0.4, 0.5) is 0 Å². The standard InChI is InChI=1S/C18H22N2O4/c1-13(24-16-8-3-2-6-14(16)12-19)18(23)20-11-5-4-7-15(20)9-10-17(21)22/h2-3,6,8,13,15H,4-5,7,9-11H2,1H3,(H,21,22). The van der Waals surface area contributed by atoms with Crippen LogP contribution in [-0.2, 0) is 9.59 Å². The molecule has 1 amide bonds. The summed E-state index contributed by atoms with van der Waals surface area (Å²) >= 11 is 0. The molecule has 128 valence electrons. The van der Waals surface area contributed by atoms with Crippen LogP contribution in [0.15, 0.2) is 24.3 Å². The van der Waals surface area contributed by atoms with Crippen LogP contribution in [0.25, 0.3) is 0 Å². The molecule has 1 N–H and O–H groups in total. The van der Waals surface area contributed by atoms with Gasteiger partial charge in [0, 0.05) is 19.0 Å². The molecule has 1 saturated heterocycles. The number of hydrogen-bond donors (Lipinski definition) is 1. The molecule has 1 fully saturated rings. The molecule has 1 aromatic carbocycles. The van der Waals surface area contributed by atoms with Gasteiger partial charge in [0.2, 0.25) is 0 Å². The molecule has 2 atom stereocenters. The molecule has 0 spiro atoms. The minimum atomic E-state index is -0.847. The Morgan fingerprint density at radius 3 is 2.88 bits per heavy atom. The van der Waals surface area contributed by atoms with Crippen molar-refractivity contribution in [3.05, 3.63) is 29.8 Å². The summed E-state index contributed by atoms with van der Waals surface area (Å²) in [5.41, 5.74) is 0.387. The predicted molar refractivity (Wildman–Crippen MR) is 87.5 cm³/mol. The van der Waals surface area contributed by atoms with Crippen LogP contribution in [0.3, 0.4) is 0 Å². The van der Waals surface area contributed by atoms with Gasteiger partial charge in [-0.2, -0.15) is 5.26 Å². The maximum atomic E-state index is 12.7. The Hall–Kier alpha value is -2.55. The molecule has 0 aliphatic carbocycles. The van der Waals surface area contributed by atoms with Crippen LogP contribution in [-0.4, -0.2) is 40.6 Å².